The van der Waals surface area contributed by atoms with Crippen LogP contribution in [-0.4, -0.2) is 0 Å². The summed E-state index contributed by atoms with van der Waals surface area (Å²) in [6.07, 6.45) is 0. The van der Waals surface area contributed by atoms with Crippen LogP contribution in [0.5, 0.6) is 0 Å². The zero-order chi connectivity index (χ0) is 12.8. The number of hydrogen-bond donors (Lipinski definition) is 0. The van der Waals surface area contributed by atoms with Gasteiger partial charge >= 0.3 is 0 Å². The molecule has 0 saturated carbocycles. The van der Waals surface area contributed by atoms with Gasteiger partial charge in [-0.05, 0) is 39.2 Å². The van der Waals surface area contributed by atoms with Crippen LogP contribution in [0.15, 0.2) is 66.7 Å². The Bertz CT molecular complexity index is 881. The molecule has 4 rings (SSSR count). The van der Waals surface area contributed by atoms with Gasteiger partial charge in [0.15, 0.2) is 0 Å². The average molecular weight is 242 g/mol. The Labute approximate surface area is 112 Å². The molecule has 4 aromatic carbocycles. The standard InChI is InChI=1S/C19H14/c1-13-10-11-18-16-8-3-2-6-14(16)15-7-4-5-9-17(15)19(18)12-13/h2-12H,1H3. The average Bonchev–Trinajstić information content (AvgIpc) is 2.47. The SMILES string of the molecule is Cc1ccc2c3ccccc3c3ccccc3c2c1. The Balaban J connectivity index is 2.43. The van der Waals surface area contributed by atoms with E-state index in [9.17, 15) is 0 Å². The fourth-order valence-corrected chi connectivity index (χ4v) is 3.02. The molecule has 0 atom stereocenters. The molecule has 0 fully saturated rings. The smallest absolute Gasteiger partial charge is 0.00963 e. The van der Waals surface area contributed by atoms with Gasteiger partial charge in [0, 0.05) is 0 Å². The maximum absolute atomic E-state index is 2.30. The number of aryl methyl sites for hydroxylation is 1. The van der Waals surface area contributed by atoms with Crippen LogP contribution in [-0.2, 0) is 0 Å². The molecule has 0 aliphatic rings. The maximum Gasteiger partial charge on any atom is -0.00963 e. The summed E-state index contributed by atoms with van der Waals surface area (Å²) in [4.78, 5) is 0. The summed E-state index contributed by atoms with van der Waals surface area (Å²) in [5, 5.41) is 8.08. The first-order chi connectivity index (χ1) is 9.34. The lowest BCUT2D eigenvalue weighted by Crippen LogP contribution is -1.83. The molecule has 0 amide bonds. The van der Waals surface area contributed by atoms with E-state index in [0.717, 1.165) is 0 Å². The lowest BCUT2D eigenvalue weighted by Gasteiger charge is -2.10. The first-order valence-corrected chi connectivity index (χ1v) is 6.64. The third-order valence-corrected chi connectivity index (χ3v) is 3.90. The maximum atomic E-state index is 2.30. The van der Waals surface area contributed by atoms with E-state index in [-0.39, 0.29) is 0 Å². The van der Waals surface area contributed by atoms with Crippen molar-refractivity contribution in [2.75, 3.05) is 0 Å². The van der Waals surface area contributed by atoms with E-state index in [4.69, 9.17) is 0 Å². The van der Waals surface area contributed by atoms with Crippen molar-refractivity contribution < 1.29 is 0 Å². The quantitative estimate of drug-likeness (QED) is 0.359. The van der Waals surface area contributed by atoms with Crippen LogP contribution < -0.4 is 0 Å². The highest BCUT2D eigenvalue weighted by molar-refractivity contribution is 6.25. The van der Waals surface area contributed by atoms with Crippen molar-refractivity contribution in [3.05, 3.63) is 72.3 Å². The van der Waals surface area contributed by atoms with E-state index in [0.29, 0.717) is 0 Å². The summed E-state index contributed by atoms with van der Waals surface area (Å²) in [5.74, 6) is 0. The van der Waals surface area contributed by atoms with Crippen LogP contribution in [0.25, 0.3) is 32.3 Å². The normalized spacial score (nSPS) is 11.4. The third-order valence-electron chi connectivity index (χ3n) is 3.90. The van der Waals surface area contributed by atoms with Crippen LogP contribution in [0.1, 0.15) is 5.56 Å². The molecule has 0 nitrogen and oxygen atoms in total. The monoisotopic (exact) mass is 242 g/mol. The molecule has 0 N–H and O–H groups in total. The van der Waals surface area contributed by atoms with Crippen molar-refractivity contribution in [1.82, 2.24) is 0 Å². The predicted octanol–water partition coefficient (Wildman–Crippen LogP) is 5.45. The molecule has 0 aliphatic carbocycles. The molecule has 0 saturated heterocycles. The van der Waals surface area contributed by atoms with Crippen LogP contribution in [0.4, 0.5) is 0 Å². The molecule has 19 heavy (non-hydrogen) atoms. The molecule has 0 unspecified atom stereocenters. The number of benzene rings is 4. The van der Waals surface area contributed by atoms with Crippen molar-refractivity contribution in [2.24, 2.45) is 0 Å². The fraction of sp³-hybridized carbons (Fsp3) is 0.0526. The second-order valence-electron chi connectivity index (χ2n) is 5.14. The van der Waals surface area contributed by atoms with E-state index in [1.807, 2.05) is 0 Å². The summed E-state index contributed by atoms with van der Waals surface area (Å²) in [6.45, 7) is 2.16. The number of fused-ring (bicyclic) bond motifs is 6. The Morgan fingerprint density at radius 2 is 0.895 bits per heavy atom. The van der Waals surface area contributed by atoms with Gasteiger partial charge in [-0.15, -0.1) is 0 Å². The Hall–Kier alpha value is -2.34. The minimum absolute atomic E-state index is 1.31. The van der Waals surface area contributed by atoms with Crippen molar-refractivity contribution in [3.8, 4) is 0 Å². The minimum atomic E-state index is 1.31. The second-order valence-corrected chi connectivity index (χ2v) is 5.14. The predicted molar refractivity (Wildman–Crippen MR) is 83.7 cm³/mol. The largest absolute Gasteiger partial charge is 0.0616 e. The third kappa shape index (κ3) is 1.47. The van der Waals surface area contributed by atoms with Crippen LogP contribution in [0, 0.1) is 6.92 Å². The Morgan fingerprint density at radius 3 is 1.42 bits per heavy atom. The van der Waals surface area contributed by atoms with Gasteiger partial charge in [0.25, 0.3) is 0 Å². The molecule has 0 spiro atoms. The van der Waals surface area contributed by atoms with Gasteiger partial charge in [0.05, 0.1) is 0 Å². The Kier molecular flexibility index (Phi) is 2.13. The summed E-state index contributed by atoms with van der Waals surface area (Å²) < 4.78 is 0. The van der Waals surface area contributed by atoms with Crippen LogP contribution >= 0.6 is 0 Å². The highest BCUT2D eigenvalue weighted by Crippen LogP contribution is 2.34. The van der Waals surface area contributed by atoms with Gasteiger partial charge in [0.1, 0.15) is 0 Å². The van der Waals surface area contributed by atoms with Crippen LogP contribution in [0.3, 0.4) is 0 Å². The highest BCUT2D eigenvalue weighted by atomic mass is 14.1. The lowest BCUT2D eigenvalue weighted by atomic mass is 9.93. The highest BCUT2D eigenvalue weighted by Gasteiger charge is 2.07. The molecule has 0 bridgehead atoms. The van der Waals surface area contributed by atoms with E-state index in [1.54, 1.807) is 0 Å². The molecule has 0 heterocycles. The van der Waals surface area contributed by atoms with Gasteiger partial charge in [-0.2, -0.15) is 0 Å². The first kappa shape index (κ1) is 10.6. The van der Waals surface area contributed by atoms with E-state index >= 15 is 0 Å². The lowest BCUT2D eigenvalue weighted by molar-refractivity contribution is 1.51. The van der Waals surface area contributed by atoms with Crippen LogP contribution in [0.2, 0.25) is 0 Å². The summed E-state index contributed by atoms with van der Waals surface area (Å²) >= 11 is 0. The van der Waals surface area contributed by atoms with Crippen molar-refractivity contribution in [1.29, 1.82) is 0 Å². The van der Waals surface area contributed by atoms with E-state index in [1.165, 1.54) is 37.9 Å². The van der Waals surface area contributed by atoms with Gasteiger partial charge in [-0.1, -0.05) is 72.3 Å². The van der Waals surface area contributed by atoms with Crippen molar-refractivity contribution >= 4 is 32.3 Å². The minimum Gasteiger partial charge on any atom is -0.0616 e. The number of rotatable bonds is 0. The van der Waals surface area contributed by atoms with Gasteiger partial charge < -0.3 is 0 Å². The zero-order valence-electron chi connectivity index (χ0n) is 10.9. The molecule has 0 aromatic heterocycles. The summed E-state index contributed by atoms with van der Waals surface area (Å²) in [5.41, 5.74) is 1.31. The molecular formula is C19H14. The zero-order valence-corrected chi connectivity index (χ0v) is 10.9. The molecule has 0 aliphatic heterocycles. The number of hydrogen-bond acceptors (Lipinski definition) is 0. The molecule has 0 heteroatoms. The molecule has 4 aromatic rings. The fourth-order valence-electron chi connectivity index (χ4n) is 3.02. The van der Waals surface area contributed by atoms with Crippen molar-refractivity contribution in [2.45, 2.75) is 6.92 Å². The summed E-state index contributed by atoms with van der Waals surface area (Å²) in [6, 6.07) is 24.1. The molecule has 90 valence electrons. The Morgan fingerprint density at radius 1 is 0.474 bits per heavy atom. The van der Waals surface area contributed by atoms with Gasteiger partial charge in [-0.25, -0.2) is 0 Å². The van der Waals surface area contributed by atoms with E-state index < -0.39 is 0 Å². The van der Waals surface area contributed by atoms with Gasteiger partial charge in [-0.3, -0.25) is 0 Å². The van der Waals surface area contributed by atoms with E-state index in [2.05, 4.69) is 73.7 Å². The molecular weight excluding hydrogens is 228 g/mol. The topological polar surface area (TPSA) is 0 Å². The summed E-state index contributed by atoms with van der Waals surface area (Å²) in [7, 11) is 0. The van der Waals surface area contributed by atoms with Crippen molar-refractivity contribution in [3.63, 3.8) is 0 Å². The first-order valence-electron chi connectivity index (χ1n) is 6.64. The second kappa shape index (κ2) is 3.83. The molecule has 0 radical (unpaired) electrons. The van der Waals surface area contributed by atoms with Gasteiger partial charge in [0.2, 0.25) is 0 Å².